The van der Waals surface area contributed by atoms with Crippen molar-refractivity contribution in [3.8, 4) is 5.75 Å². The molecule has 142 valence electrons. The minimum absolute atomic E-state index is 0.0219. The van der Waals surface area contributed by atoms with Crippen molar-refractivity contribution in [2.24, 2.45) is 0 Å². The molecular weight excluding hydrogens is 368 g/mol. The molecule has 1 aromatic heterocycles. The number of hydrogen-bond donors (Lipinski definition) is 1. The number of hydrogen-bond acceptors (Lipinski definition) is 3. The molecule has 2 aromatic rings. The minimum atomic E-state index is -4.59. The Morgan fingerprint density at radius 2 is 1.73 bits per heavy atom. The molecule has 1 heterocycles. The third-order valence-electron chi connectivity index (χ3n) is 3.05. The first kappa shape index (κ1) is 19.6. The Morgan fingerprint density at radius 1 is 1.08 bits per heavy atom. The summed E-state index contributed by atoms with van der Waals surface area (Å²) in [6.07, 6.45) is -7.99. The quantitative estimate of drug-likeness (QED) is 0.783. The van der Waals surface area contributed by atoms with Crippen molar-refractivity contribution in [2.45, 2.75) is 25.4 Å². The van der Waals surface area contributed by atoms with Gasteiger partial charge in [0.2, 0.25) is 5.91 Å². The van der Waals surface area contributed by atoms with Crippen LogP contribution in [0.2, 0.25) is 0 Å². The summed E-state index contributed by atoms with van der Waals surface area (Å²) in [4.78, 5) is 11.7. The average molecular weight is 381 g/mol. The van der Waals surface area contributed by atoms with Crippen LogP contribution in [-0.4, -0.2) is 28.5 Å². The van der Waals surface area contributed by atoms with Crippen molar-refractivity contribution < 1.29 is 35.9 Å². The minimum Gasteiger partial charge on any atom is -0.484 e. The van der Waals surface area contributed by atoms with Gasteiger partial charge in [0.15, 0.2) is 12.3 Å². The van der Waals surface area contributed by atoms with E-state index < -0.39 is 37.1 Å². The monoisotopic (exact) mass is 381 g/mol. The van der Waals surface area contributed by atoms with Crippen LogP contribution in [0, 0.1) is 0 Å². The van der Waals surface area contributed by atoms with E-state index in [0.29, 0.717) is 5.56 Å². The molecule has 0 bridgehead atoms. The summed E-state index contributed by atoms with van der Waals surface area (Å²) in [5.74, 6) is -0.548. The van der Waals surface area contributed by atoms with Crippen LogP contribution in [0.25, 0.3) is 0 Å². The molecule has 0 unspecified atom stereocenters. The molecule has 0 saturated carbocycles. The number of alkyl halides is 6. The highest BCUT2D eigenvalue weighted by molar-refractivity contribution is 5.75. The van der Waals surface area contributed by atoms with E-state index in [2.05, 4.69) is 15.2 Å². The lowest BCUT2D eigenvalue weighted by Gasteiger charge is -2.10. The first-order chi connectivity index (χ1) is 12.0. The first-order valence-electron chi connectivity index (χ1n) is 7.19. The Bertz CT molecular complexity index is 737. The number of carbonyl (C=O) groups is 1. The van der Waals surface area contributed by atoms with Gasteiger partial charge >= 0.3 is 12.4 Å². The molecule has 0 atom stereocenters. The van der Waals surface area contributed by atoms with Crippen LogP contribution in [0.4, 0.5) is 26.3 Å². The van der Waals surface area contributed by atoms with Crippen LogP contribution < -0.4 is 10.1 Å². The van der Waals surface area contributed by atoms with Crippen molar-refractivity contribution in [1.82, 2.24) is 15.1 Å². The number of nitrogens with one attached hydrogen (secondary N) is 1. The van der Waals surface area contributed by atoms with E-state index in [0.717, 1.165) is 16.9 Å². The van der Waals surface area contributed by atoms with E-state index in [1.165, 1.54) is 24.3 Å². The van der Waals surface area contributed by atoms with Gasteiger partial charge in [0.1, 0.15) is 12.3 Å². The zero-order chi connectivity index (χ0) is 19.4. The van der Waals surface area contributed by atoms with Crippen molar-refractivity contribution >= 4 is 5.91 Å². The maximum absolute atomic E-state index is 12.4. The van der Waals surface area contributed by atoms with E-state index in [9.17, 15) is 31.1 Å². The van der Waals surface area contributed by atoms with Gasteiger partial charge in [0.25, 0.3) is 0 Å². The molecule has 2 rings (SSSR count). The molecule has 26 heavy (non-hydrogen) atoms. The number of amides is 1. The summed E-state index contributed by atoms with van der Waals surface area (Å²) >= 11 is 0. The second-order valence-electron chi connectivity index (χ2n) is 5.22. The third kappa shape index (κ3) is 6.30. The molecule has 1 N–H and O–H groups in total. The van der Waals surface area contributed by atoms with Crippen LogP contribution in [0.5, 0.6) is 5.75 Å². The number of rotatable bonds is 6. The Morgan fingerprint density at radius 3 is 2.27 bits per heavy atom. The predicted octanol–water partition coefficient (Wildman–Crippen LogP) is 3.16. The summed E-state index contributed by atoms with van der Waals surface area (Å²) in [5.41, 5.74) is -0.520. The third-order valence-corrected chi connectivity index (χ3v) is 3.05. The van der Waals surface area contributed by atoms with Gasteiger partial charge in [-0.1, -0.05) is 12.1 Å². The van der Waals surface area contributed by atoms with Crippen LogP contribution >= 0.6 is 0 Å². The summed E-state index contributed by atoms with van der Waals surface area (Å²) < 4.78 is 78.7. The van der Waals surface area contributed by atoms with Crippen molar-refractivity contribution in [3.63, 3.8) is 0 Å². The number of halogens is 6. The highest BCUT2D eigenvalue weighted by Gasteiger charge is 2.33. The normalized spacial score (nSPS) is 12.1. The maximum Gasteiger partial charge on any atom is 0.435 e. The largest absolute Gasteiger partial charge is 0.484 e. The van der Waals surface area contributed by atoms with Gasteiger partial charge in [-0.15, -0.1) is 0 Å². The number of benzene rings is 1. The smallest absolute Gasteiger partial charge is 0.435 e. The van der Waals surface area contributed by atoms with E-state index in [-0.39, 0.29) is 12.3 Å². The molecule has 1 amide bonds. The fraction of sp³-hybridized carbons (Fsp3) is 0.333. The van der Waals surface area contributed by atoms with Gasteiger partial charge in [-0.05, 0) is 23.8 Å². The number of ether oxygens (including phenoxy) is 1. The van der Waals surface area contributed by atoms with Crippen LogP contribution in [0.3, 0.4) is 0 Å². The molecule has 0 aliphatic rings. The highest BCUT2D eigenvalue weighted by atomic mass is 19.4. The van der Waals surface area contributed by atoms with Gasteiger partial charge < -0.3 is 10.1 Å². The molecule has 0 saturated heterocycles. The molecule has 0 spiro atoms. The molecule has 11 heteroatoms. The molecular formula is C15H13F6N3O2. The molecule has 0 aliphatic heterocycles. The Kier molecular flexibility index (Phi) is 5.78. The van der Waals surface area contributed by atoms with Crippen molar-refractivity contribution in [2.75, 3.05) is 6.61 Å². The number of nitrogens with zero attached hydrogens (tertiary/aromatic N) is 2. The zero-order valence-electron chi connectivity index (χ0n) is 13.1. The number of carbonyl (C=O) groups excluding carboxylic acids is 1. The number of aromatic nitrogens is 2. The second-order valence-corrected chi connectivity index (χ2v) is 5.22. The Labute approximate surface area is 143 Å². The van der Waals surface area contributed by atoms with E-state index in [4.69, 9.17) is 0 Å². The van der Waals surface area contributed by atoms with Crippen LogP contribution in [0.1, 0.15) is 11.3 Å². The Balaban J connectivity index is 1.81. The predicted molar refractivity (Wildman–Crippen MR) is 77.1 cm³/mol. The second kappa shape index (κ2) is 7.67. The lowest BCUT2D eigenvalue weighted by molar-refractivity contribution is -0.153. The molecule has 0 fully saturated rings. The van der Waals surface area contributed by atoms with E-state index in [1.54, 1.807) is 0 Å². The summed E-state index contributed by atoms with van der Waals surface area (Å²) in [6.45, 7) is -1.76. The van der Waals surface area contributed by atoms with Gasteiger partial charge in [0, 0.05) is 12.7 Å². The highest BCUT2D eigenvalue weighted by Crippen LogP contribution is 2.27. The standard InChI is InChI=1S/C15H13F6N3O2/c16-14(17,18)9-26-11-3-1-10(2-4-11)7-22-13(25)8-24-6-5-12(23-24)15(19,20)21/h1-6H,7-9H2,(H,22,25). The zero-order valence-corrected chi connectivity index (χ0v) is 13.1. The Hall–Kier alpha value is -2.72. The topological polar surface area (TPSA) is 56.2 Å². The average Bonchev–Trinajstić information content (AvgIpc) is 3.00. The van der Waals surface area contributed by atoms with E-state index >= 15 is 0 Å². The maximum atomic E-state index is 12.4. The van der Waals surface area contributed by atoms with Crippen LogP contribution in [-0.2, 0) is 24.1 Å². The first-order valence-corrected chi connectivity index (χ1v) is 7.19. The van der Waals surface area contributed by atoms with Crippen molar-refractivity contribution in [3.05, 3.63) is 47.8 Å². The molecule has 0 radical (unpaired) electrons. The lowest BCUT2D eigenvalue weighted by atomic mass is 10.2. The SMILES string of the molecule is O=C(Cn1ccc(C(F)(F)F)n1)NCc1ccc(OCC(F)(F)F)cc1. The fourth-order valence-electron chi connectivity index (χ4n) is 1.87. The summed E-state index contributed by atoms with van der Waals surface area (Å²) in [7, 11) is 0. The van der Waals surface area contributed by atoms with Gasteiger partial charge in [-0.3, -0.25) is 9.48 Å². The summed E-state index contributed by atoms with van der Waals surface area (Å²) in [5, 5.41) is 5.72. The van der Waals surface area contributed by atoms with E-state index in [1.807, 2.05) is 0 Å². The fourth-order valence-corrected chi connectivity index (χ4v) is 1.87. The van der Waals surface area contributed by atoms with Gasteiger partial charge in [-0.25, -0.2) is 0 Å². The van der Waals surface area contributed by atoms with Crippen LogP contribution in [0.15, 0.2) is 36.5 Å². The molecule has 0 aliphatic carbocycles. The van der Waals surface area contributed by atoms with Gasteiger partial charge in [-0.2, -0.15) is 31.4 Å². The van der Waals surface area contributed by atoms with Crippen molar-refractivity contribution in [1.29, 1.82) is 0 Å². The molecule has 5 nitrogen and oxygen atoms in total. The molecule has 1 aromatic carbocycles. The summed E-state index contributed by atoms with van der Waals surface area (Å²) in [6, 6.07) is 6.31. The van der Waals surface area contributed by atoms with Gasteiger partial charge in [0.05, 0.1) is 0 Å². The lowest BCUT2D eigenvalue weighted by Crippen LogP contribution is -2.27.